The number of rotatable bonds is 8. The number of carbonyl (C=O) groups excluding carboxylic acids is 1. The van der Waals surface area contributed by atoms with Crippen molar-refractivity contribution in [2.75, 3.05) is 18.9 Å². The van der Waals surface area contributed by atoms with E-state index in [-0.39, 0.29) is 24.4 Å². The van der Waals surface area contributed by atoms with Crippen molar-refractivity contribution in [1.29, 1.82) is 0 Å². The number of hydrogen-bond acceptors (Lipinski definition) is 5. The number of aromatic nitrogens is 3. The Balaban J connectivity index is 1.47. The lowest BCUT2D eigenvalue weighted by Crippen LogP contribution is -2.26. The number of amides is 1. The number of nitrogens with zero attached hydrogens (tertiary/aromatic N) is 3. The molecular formula is C22H22F2N4O2S. The average Bonchev–Trinajstić information content (AvgIpc) is 3.43. The van der Waals surface area contributed by atoms with E-state index in [0.717, 1.165) is 19.4 Å². The first-order chi connectivity index (χ1) is 15.1. The maximum Gasteiger partial charge on any atom is 0.251 e. The molecule has 0 bridgehead atoms. The van der Waals surface area contributed by atoms with Crippen LogP contribution in [0.2, 0.25) is 0 Å². The van der Waals surface area contributed by atoms with E-state index in [2.05, 4.69) is 15.5 Å². The Morgan fingerprint density at radius 1 is 1.16 bits per heavy atom. The Morgan fingerprint density at radius 2 is 1.97 bits per heavy atom. The Hall–Kier alpha value is -2.78. The molecular weight excluding hydrogens is 422 g/mol. The van der Waals surface area contributed by atoms with Gasteiger partial charge in [0.05, 0.1) is 11.8 Å². The quantitative estimate of drug-likeness (QED) is 0.536. The second-order valence-corrected chi connectivity index (χ2v) is 8.13. The first-order valence-corrected chi connectivity index (χ1v) is 11.1. The number of para-hydroxylation sites is 1. The molecule has 3 aromatic rings. The van der Waals surface area contributed by atoms with Crippen LogP contribution in [0.3, 0.4) is 0 Å². The third-order valence-corrected chi connectivity index (χ3v) is 6.02. The zero-order chi connectivity index (χ0) is 21.6. The number of halogens is 2. The van der Waals surface area contributed by atoms with Gasteiger partial charge in [-0.3, -0.25) is 9.36 Å². The lowest BCUT2D eigenvalue weighted by Gasteiger charge is -2.13. The summed E-state index contributed by atoms with van der Waals surface area (Å²) in [6.07, 6.45) is 2.57. The van der Waals surface area contributed by atoms with Crippen LogP contribution in [-0.4, -0.2) is 45.7 Å². The molecule has 9 heteroatoms. The molecule has 0 unspecified atom stereocenters. The Bertz CT molecular complexity index is 1040. The van der Waals surface area contributed by atoms with Crippen LogP contribution in [0.4, 0.5) is 8.78 Å². The highest BCUT2D eigenvalue weighted by Crippen LogP contribution is 2.27. The van der Waals surface area contributed by atoms with Crippen LogP contribution in [0.25, 0.3) is 5.69 Å². The summed E-state index contributed by atoms with van der Waals surface area (Å²) in [5, 5.41) is 11.9. The van der Waals surface area contributed by atoms with Gasteiger partial charge < -0.3 is 10.1 Å². The molecule has 1 aromatic heterocycles. The van der Waals surface area contributed by atoms with E-state index < -0.39 is 5.82 Å². The summed E-state index contributed by atoms with van der Waals surface area (Å²) in [6, 6.07) is 11.8. The molecule has 1 aliphatic heterocycles. The fraction of sp³-hybridized carbons (Fsp3) is 0.318. The molecule has 1 saturated heterocycles. The van der Waals surface area contributed by atoms with Gasteiger partial charge in [0.15, 0.2) is 5.16 Å². The number of benzene rings is 2. The molecule has 2 aromatic carbocycles. The standard InChI is InChI=1S/C22H22F2N4O2S/c23-16-9-7-15(8-10-16)21(29)25-12-11-20-26-27-22(31-14-17-4-3-13-30-17)28(20)19-6-2-1-5-18(19)24/h1-2,5-10,17H,3-4,11-14H2,(H,25,29)/t17-/m1/s1. The molecule has 0 aliphatic carbocycles. The van der Waals surface area contributed by atoms with Crippen LogP contribution in [-0.2, 0) is 11.2 Å². The van der Waals surface area contributed by atoms with Crippen molar-refractivity contribution in [2.45, 2.75) is 30.5 Å². The van der Waals surface area contributed by atoms with Crippen LogP contribution in [0.5, 0.6) is 0 Å². The van der Waals surface area contributed by atoms with Gasteiger partial charge in [-0.05, 0) is 49.2 Å². The summed E-state index contributed by atoms with van der Waals surface area (Å²) < 4.78 is 34.9. The van der Waals surface area contributed by atoms with E-state index in [0.29, 0.717) is 34.4 Å². The molecule has 4 rings (SSSR count). The van der Waals surface area contributed by atoms with Crippen molar-refractivity contribution >= 4 is 17.7 Å². The number of ether oxygens (including phenoxy) is 1. The first-order valence-electron chi connectivity index (χ1n) is 10.1. The predicted octanol–water partition coefficient (Wildman–Crippen LogP) is 3.79. The van der Waals surface area contributed by atoms with Crippen molar-refractivity contribution in [3.63, 3.8) is 0 Å². The van der Waals surface area contributed by atoms with Crippen LogP contribution < -0.4 is 5.32 Å². The smallest absolute Gasteiger partial charge is 0.251 e. The van der Waals surface area contributed by atoms with E-state index in [4.69, 9.17) is 4.74 Å². The molecule has 0 spiro atoms. The van der Waals surface area contributed by atoms with Gasteiger partial charge in [0.25, 0.3) is 5.91 Å². The second-order valence-electron chi connectivity index (χ2n) is 7.14. The second kappa shape index (κ2) is 10.0. The number of thioether (sulfide) groups is 1. The normalized spacial score (nSPS) is 15.9. The monoisotopic (exact) mass is 444 g/mol. The third kappa shape index (κ3) is 5.29. The molecule has 1 atom stereocenters. The van der Waals surface area contributed by atoms with E-state index in [1.165, 1.54) is 42.1 Å². The lowest BCUT2D eigenvalue weighted by atomic mass is 10.2. The van der Waals surface area contributed by atoms with Gasteiger partial charge in [-0.15, -0.1) is 10.2 Å². The molecule has 31 heavy (non-hydrogen) atoms. The van der Waals surface area contributed by atoms with Crippen LogP contribution in [0, 0.1) is 11.6 Å². The molecule has 1 fully saturated rings. The molecule has 0 saturated carbocycles. The Labute approximate surface area is 183 Å². The van der Waals surface area contributed by atoms with E-state index in [9.17, 15) is 13.6 Å². The largest absolute Gasteiger partial charge is 0.377 e. The molecule has 6 nitrogen and oxygen atoms in total. The SMILES string of the molecule is O=C(NCCc1nnc(SC[C@H]2CCCO2)n1-c1ccccc1F)c1ccc(F)cc1. The maximum atomic E-state index is 14.5. The topological polar surface area (TPSA) is 69.0 Å². The number of hydrogen-bond donors (Lipinski definition) is 1. The van der Waals surface area contributed by atoms with Gasteiger partial charge in [0.2, 0.25) is 0 Å². The average molecular weight is 445 g/mol. The van der Waals surface area contributed by atoms with Gasteiger partial charge in [-0.25, -0.2) is 8.78 Å². The predicted molar refractivity (Wildman–Crippen MR) is 113 cm³/mol. The van der Waals surface area contributed by atoms with Gasteiger partial charge in [0, 0.05) is 30.9 Å². The third-order valence-electron chi connectivity index (χ3n) is 4.96. The van der Waals surface area contributed by atoms with Crippen molar-refractivity contribution in [1.82, 2.24) is 20.1 Å². The summed E-state index contributed by atoms with van der Waals surface area (Å²) in [7, 11) is 0. The highest BCUT2D eigenvalue weighted by molar-refractivity contribution is 7.99. The zero-order valence-electron chi connectivity index (χ0n) is 16.8. The summed E-state index contributed by atoms with van der Waals surface area (Å²) in [5.74, 6) is 0.165. The molecule has 1 aliphatic rings. The van der Waals surface area contributed by atoms with Crippen molar-refractivity contribution < 1.29 is 18.3 Å². The fourth-order valence-electron chi connectivity index (χ4n) is 3.37. The Kier molecular flexibility index (Phi) is 6.93. The number of carbonyl (C=O) groups is 1. The van der Waals surface area contributed by atoms with Gasteiger partial charge >= 0.3 is 0 Å². The Morgan fingerprint density at radius 3 is 2.71 bits per heavy atom. The lowest BCUT2D eigenvalue weighted by molar-refractivity contribution is 0.0954. The zero-order valence-corrected chi connectivity index (χ0v) is 17.6. The molecule has 162 valence electrons. The van der Waals surface area contributed by atoms with Crippen LogP contribution in [0.15, 0.2) is 53.7 Å². The maximum absolute atomic E-state index is 14.5. The van der Waals surface area contributed by atoms with Crippen molar-refractivity contribution in [3.8, 4) is 5.69 Å². The van der Waals surface area contributed by atoms with Crippen molar-refractivity contribution in [3.05, 3.63) is 71.6 Å². The van der Waals surface area contributed by atoms with E-state index in [1.54, 1.807) is 22.8 Å². The highest BCUT2D eigenvalue weighted by Gasteiger charge is 2.21. The number of nitrogens with one attached hydrogen (secondary N) is 1. The molecule has 2 heterocycles. The van der Waals surface area contributed by atoms with Crippen molar-refractivity contribution in [2.24, 2.45) is 0 Å². The summed E-state index contributed by atoms with van der Waals surface area (Å²) in [5.41, 5.74) is 0.729. The minimum atomic E-state index is -0.400. The fourth-order valence-corrected chi connectivity index (χ4v) is 4.39. The molecule has 0 radical (unpaired) electrons. The summed E-state index contributed by atoms with van der Waals surface area (Å²) in [6.45, 7) is 1.05. The molecule has 1 N–H and O–H groups in total. The van der Waals surface area contributed by atoms with Crippen LogP contribution >= 0.6 is 11.8 Å². The van der Waals surface area contributed by atoms with Gasteiger partial charge in [-0.1, -0.05) is 23.9 Å². The van der Waals surface area contributed by atoms with Gasteiger partial charge in [0.1, 0.15) is 17.5 Å². The van der Waals surface area contributed by atoms with E-state index >= 15 is 0 Å². The van der Waals surface area contributed by atoms with Gasteiger partial charge in [-0.2, -0.15) is 0 Å². The summed E-state index contributed by atoms with van der Waals surface area (Å²) >= 11 is 1.48. The molecule has 1 amide bonds. The van der Waals surface area contributed by atoms with Crippen LogP contribution in [0.1, 0.15) is 29.0 Å². The minimum absolute atomic E-state index is 0.161. The summed E-state index contributed by atoms with van der Waals surface area (Å²) in [4.78, 5) is 12.3. The van der Waals surface area contributed by atoms with E-state index in [1.807, 2.05) is 0 Å². The minimum Gasteiger partial charge on any atom is -0.377 e. The highest BCUT2D eigenvalue weighted by atomic mass is 32.2. The first kappa shape index (κ1) is 21.5.